The molecule has 29 heavy (non-hydrogen) atoms. The van der Waals surface area contributed by atoms with Crippen LogP contribution in [0.1, 0.15) is 35.7 Å². The van der Waals surface area contributed by atoms with Gasteiger partial charge in [0.1, 0.15) is 5.75 Å². The first kappa shape index (κ1) is 22.5. The van der Waals surface area contributed by atoms with E-state index in [1.54, 1.807) is 42.5 Å². The van der Waals surface area contributed by atoms with Crippen molar-refractivity contribution in [1.82, 2.24) is 5.32 Å². The molecule has 0 saturated heterocycles. The second kappa shape index (κ2) is 11.3. The maximum Gasteiger partial charge on any atom is 0.409 e. The summed E-state index contributed by atoms with van der Waals surface area (Å²) in [6.07, 6.45) is 0.597. The van der Waals surface area contributed by atoms with Gasteiger partial charge in [0, 0.05) is 23.9 Å². The fourth-order valence-corrected chi connectivity index (χ4v) is 2.99. The molecule has 1 atom stereocenters. The zero-order valence-electron chi connectivity index (χ0n) is 16.2. The molecule has 2 amide bonds. The fraction of sp³-hybridized carbons (Fsp3) is 0.333. The number of hydrogen-bond acceptors (Lipinski definition) is 4. The molecule has 0 bridgehead atoms. The first-order chi connectivity index (χ1) is 13.9. The molecule has 0 unspecified atom stereocenters. The number of rotatable bonds is 10. The van der Waals surface area contributed by atoms with Crippen LogP contribution in [-0.4, -0.2) is 41.5 Å². The van der Waals surface area contributed by atoms with Gasteiger partial charge in [-0.15, -0.1) is 0 Å². The Bertz CT molecular complexity index is 826. The average Bonchev–Trinajstić information content (AvgIpc) is 2.68. The van der Waals surface area contributed by atoms with Gasteiger partial charge in [0.05, 0.1) is 11.6 Å². The van der Waals surface area contributed by atoms with E-state index in [1.165, 1.54) is 0 Å². The monoisotopic (exact) mass is 420 g/mol. The number of ether oxygens (including phenoxy) is 1. The van der Waals surface area contributed by atoms with E-state index < -0.39 is 6.09 Å². The van der Waals surface area contributed by atoms with Gasteiger partial charge in [0.2, 0.25) is 0 Å². The molecule has 0 heterocycles. The Morgan fingerprint density at radius 1 is 1.17 bits per heavy atom. The van der Waals surface area contributed by atoms with E-state index in [-0.39, 0.29) is 18.6 Å². The van der Waals surface area contributed by atoms with Crippen LogP contribution in [0.4, 0.5) is 10.5 Å². The number of halogens is 1. The van der Waals surface area contributed by atoms with Crippen LogP contribution in [0.3, 0.4) is 0 Å². The Morgan fingerprint density at radius 2 is 1.90 bits per heavy atom. The van der Waals surface area contributed by atoms with Crippen LogP contribution < -0.4 is 15.4 Å². The molecule has 0 aliphatic heterocycles. The molecule has 2 aromatic carbocycles. The second-order valence-corrected chi connectivity index (χ2v) is 6.91. The standard InChI is InChI=1S/C21H25ClN2O5/c1-2-11-29-19-8-5-15(13-18(19)22)20(26)23-17(9-10-25)12-14-3-6-16(7-4-14)24-21(27)28/h3-8,13,17,24-25H,2,9-12H2,1H3,(H,23,26)(H,27,28)/t17-/m1/s1. The van der Waals surface area contributed by atoms with Crippen LogP contribution in [0, 0.1) is 0 Å². The zero-order chi connectivity index (χ0) is 21.2. The highest BCUT2D eigenvalue weighted by Crippen LogP contribution is 2.25. The topological polar surface area (TPSA) is 108 Å². The number of amides is 2. The third-order valence-corrected chi connectivity index (χ3v) is 4.45. The van der Waals surface area contributed by atoms with Crippen molar-refractivity contribution in [3.8, 4) is 5.75 Å². The largest absolute Gasteiger partial charge is 0.492 e. The van der Waals surface area contributed by atoms with Gasteiger partial charge in [-0.25, -0.2) is 4.79 Å². The van der Waals surface area contributed by atoms with Gasteiger partial charge in [0.25, 0.3) is 5.91 Å². The number of hydrogen-bond donors (Lipinski definition) is 4. The summed E-state index contributed by atoms with van der Waals surface area (Å²) < 4.78 is 5.51. The summed E-state index contributed by atoms with van der Waals surface area (Å²) in [5.41, 5.74) is 1.77. The maximum absolute atomic E-state index is 12.6. The number of aliphatic hydroxyl groups is 1. The Kier molecular flexibility index (Phi) is 8.76. The number of carbonyl (C=O) groups is 2. The van der Waals surface area contributed by atoms with E-state index in [0.29, 0.717) is 41.5 Å². The summed E-state index contributed by atoms with van der Waals surface area (Å²) in [7, 11) is 0. The summed E-state index contributed by atoms with van der Waals surface area (Å²) in [4.78, 5) is 23.3. The van der Waals surface area contributed by atoms with Gasteiger partial charge in [-0.2, -0.15) is 0 Å². The summed E-state index contributed by atoms with van der Waals surface area (Å²) in [6.45, 7) is 2.46. The predicted molar refractivity (Wildman–Crippen MR) is 112 cm³/mol. The normalized spacial score (nSPS) is 11.6. The summed E-state index contributed by atoms with van der Waals surface area (Å²) in [5, 5.41) is 23.6. The van der Waals surface area contributed by atoms with E-state index in [2.05, 4.69) is 10.6 Å². The van der Waals surface area contributed by atoms with Crippen molar-refractivity contribution in [2.75, 3.05) is 18.5 Å². The molecule has 0 aliphatic carbocycles. The minimum absolute atomic E-state index is 0.0752. The lowest BCUT2D eigenvalue weighted by molar-refractivity contribution is 0.0930. The van der Waals surface area contributed by atoms with Crippen molar-refractivity contribution in [3.63, 3.8) is 0 Å². The molecule has 4 N–H and O–H groups in total. The van der Waals surface area contributed by atoms with E-state index in [1.807, 2.05) is 6.92 Å². The molecule has 7 nitrogen and oxygen atoms in total. The zero-order valence-corrected chi connectivity index (χ0v) is 16.9. The van der Waals surface area contributed by atoms with Crippen LogP contribution in [0.15, 0.2) is 42.5 Å². The highest BCUT2D eigenvalue weighted by Gasteiger charge is 2.16. The van der Waals surface area contributed by atoms with Gasteiger partial charge in [-0.05, 0) is 55.2 Å². The molecule has 156 valence electrons. The van der Waals surface area contributed by atoms with Gasteiger partial charge >= 0.3 is 6.09 Å². The highest BCUT2D eigenvalue weighted by atomic mass is 35.5. The van der Waals surface area contributed by atoms with Gasteiger partial charge in [0.15, 0.2) is 0 Å². The summed E-state index contributed by atoms with van der Waals surface area (Å²) in [6, 6.07) is 11.4. The SMILES string of the molecule is CCCOc1ccc(C(=O)N[C@H](CCO)Cc2ccc(NC(=O)O)cc2)cc1Cl. The Morgan fingerprint density at radius 3 is 2.48 bits per heavy atom. The average molecular weight is 421 g/mol. The van der Waals surface area contributed by atoms with E-state index in [9.17, 15) is 14.7 Å². The lowest BCUT2D eigenvalue weighted by Gasteiger charge is -2.18. The van der Waals surface area contributed by atoms with Crippen LogP contribution in [0.5, 0.6) is 5.75 Å². The smallest absolute Gasteiger partial charge is 0.409 e. The van der Waals surface area contributed by atoms with Gasteiger partial charge in [-0.3, -0.25) is 10.1 Å². The van der Waals surface area contributed by atoms with Gasteiger partial charge < -0.3 is 20.3 Å². The lowest BCUT2D eigenvalue weighted by atomic mass is 10.0. The Hall–Kier alpha value is -2.77. The molecule has 0 aliphatic rings. The fourth-order valence-electron chi connectivity index (χ4n) is 2.75. The molecule has 8 heteroatoms. The molecule has 0 spiro atoms. The molecule has 0 aromatic heterocycles. The molecular formula is C21H25ClN2O5. The number of carboxylic acid groups (broad SMARTS) is 1. The number of aliphatic hydroxyl groups excluding tert-OH is 1. The van der Waals surface area contributed by atoms with Gasteiger partial charge in [-0.1, -0.05) is 30.7 Å². The first-order valence-corrected chi connectivity index (χ1v) is 9.73. The Labute approximate surface area is 174 Å². The quantitative estimate of drug-likeness (QED) is 0.465. The second-order valence-electron chi connectivity index (χ2n) is 6.51. The molecule has 0 saturated carbocycles. The minimum Gasteiger partial charge on any atom is -0.492 e. The number of anilines is 1. The van der Waals surface area contributed by atoms with Crippen LogP contribution in [-0.2, 0) is 6.42 Å². The van der Waals surface area contributed by atoms with Crippen LogP contribution in [0.2, 0.25) is 5.02 Å². The molecule has 2 rings (SSSR count). The lowest BCUT2D eigenvalue weighted by Crippen LogP contribution is -2.37. The number of carbonyl (C=O) groups excluding carboxylic acids is 1. The molecule has 0 fully saturated rings. The Balaban J connectivity index is 2.02. The van der Waals surface area contributed by atoms with E-state index in [0.717, 1.165) is 12.0 Å². The predicted octanol–water partition coefficient (Wildman–Crippen LogP) is 3.94. The van der Waals surface area contributed by atoms with Crippen molar-refractivity contribution in [1.29, 1.82) is 0 Å². The third kappa shape index (κ3) is 7.29. The molecule has 0 radical (unpaired) electrons. The first-order valence-electron chi connectivity index (χ1n) is 9.36. The number of nitrogens with one attached hydrogen (secondary N) is 2. The van der Waals surface area contributed by atoms with Crippen LogP contribution in [0.25, 0.3) is 0 Å². The minimum atomic E-state index is -1.13. The summed E-state index contributed by atoms with van der Waals surface area (Å²) >= 11 is 6.19. The third-order valence-electron chi connectivity index (χ3n) is 4.16. The van der Waals surface area contributed by atoms with Crippen molar-refractivity contribution in [2.45, 2.75) is 32.2 Å². The summed E-state index contributed by atoms with van der Waals surface area (Å²) in [5.74, 6) is 0.239. The van der Waals surface area contributed by atoms with Crippen molar-refractivity contribution in [2.24, 2.45) is 0 Å². The maximum atomic E-state index is 12.6. The van der Waals surface area contributed by atoms with E-state index >= 15 is 0 Å². The van der Waals surface area contributed by atoms with Crippen molar-refractivity contribution < 1.29 is 24.5 Å². The molecule has 2 aromatic rings. The molecular weight excluding hydrogens is 396 g/mol. The van der Waals surface area contributed by atoms with Crippen molar-refractivity contribution >= 4 is 29.3 Å². The van der Waals surface area contributed by atoms with E-state index in [4.69, 9.17) is 21.4 Å². The van der Waals surface area contributed by atoms with Crippen LogP contribution >= 0.6 is 11.6 Å². The number of benzene rings is 2. The highest BCUT2D eigenvalue weighted by molar-refractivity contribution is 6.32. The van der Waals surface area contributed by atoms with Crippen molar-refractivity contribution in [3.05, 3.63) is 58.6 Å².